The average Bonchev–Trinajstić information content (AvgIpc) is 3.34. The molecule has 0 unspecified atom stereocenters. The molecule has 1 amide bonds. The largest absolute Gasteiger partial charge is 0.463 e. The third-order valence-corrected chi connectivity index (χ3v) is 7.18. The van der Waals surface area contributed by atoms with Gasteiger partial charge in [-0.2, -0.15) is 4.99 Å². The lowest BCUT2D eigenvalue weighted by atomic mass is 9.89. The Hall–Kier alpha value is -2.95. The maximum absolute atomic E-state index is 10.5. The zero-order valence-electron chi connectivity index (χ0n) is 27.2. The van der Waals surface area contributed by atoms with Crippen LogP contribution in [-0.4, -0.2) is 86.3 Å². The predicted molar refractivity (Wildman–Crippen MR) is 182 cm³/mol. The van der Waals surface area contributed by atoms with Crippen molar-refractivity contribution in [1.29, 1.82) is 0 Å². The highest BCUT2D eigenvalue weighted by atomic mass is 35.5. The van der Waals surface area contributed by atoms with Gasteiger partial charge in [0.1, 0.15) is 0 Å². The highest BCUT2D eigenvalue weighted by Crippen LogP contribution is 2.23. The molecule has 1 aliphatic heterocycles. The highest BCUT2D eigenvalue weighted by molar-refractivity contribution is 6.42. The number of halogens is 1. The van der Waals surface area contributed by atoms with Gasteiger partial charge in [-0.05, 0) is 63.0 Å². The second-order valence-corrected chi connectivity index (χ2v) is 10.8. The molecular formula is C31H55ClN8O4. The van der Waals surface area contributed by atoms with Gasteiger partial charge in [0.05, 0.1) is 25.6 Å². The van der Waals surface area contributed by atoms with Gasteiger partial charge in [-0.1, -0.05) is 57.2 Å². The summed E-state index contributed by atoms with van der Waals surface area (Å²) < 4.78 is 10.1. The molecule has 8 N–H and O–H groups in total. The average molecular weight is 639 g/mol. The molecule has 3 rings (SSSR count). The van der Waals surface area contributed by atoms with E-state index in [1.165, 1.54) is 32.1 Å². The van der Waals surface area contributed by atoms with Crippen LogP contribution in [0.1, 0.15) is 78.6 Å². The second kappa shape index (κ2) is 25.4. The third-order valence-electron chi connectivity index (χ3n) is 6.92. The molecule has 1 saturated carbocycles. The zero-order valence-corrected chi connectivity index (χ0v) is 28.0. The molecule has 0 aromatic heterocycles. The van der Waals surface area contributed by atoms with Crippen molar-refractivity contribution in [2.24, 2.45) is 38.2 Å². The summed E-state index contributed by atoms with van der Waals surface area (Å²) in [4.78, 5) is 21.7. The number of ether oxygens (including phenoxy) is 2. The van der Waals surface area contributed by atoms with E-state index in [9.17, 15) is 4.79 Å². The molecule has 0 aromatic carbocycles. The molecule has 0 bridgehead atoms. The summed E-state index contributed by atoms with van der Waals surface area (Å²) in [5.74, 6) is 6.64. The minimum atomic E-state index is -1.41. The topological polar surface area (TPSA) is 186 Å². The summed E-state index contributed by atoms with van der Waals surface area (Å²) in [5.41, 5.74) is 12.0. The first-order valence-electron chi connectivity index (χ1n) is 15.3. The van der Waals surface area contributed by atoms with Crippen LogP contribution < -0.4 is 22.6 Å². The molecule has 1 heterocycles. The molecule has 3 aliphatic rings. The van der Waals surface area contributed by atoms with Crippen LogP contribution in [0.5, 0.6) is 0 Å². The molecular weight excluding hydrogens is 584 g/mol. The number of nitrogens with zero attached hydrogens (tertiary/aromatic N) is 4. The van der Waals surface area contributed by atoms with Crippen molar-refractivity contribution in [3.8, 4) is 12.5 Å². The monoisotopic (exact) mass is 638 g/mol. The Balaban J connectivity index is 0.000000656. The number of carboxylic acid groups (broad SMARTS) is 1. The van der Waals surface area contributed by atoms with Gasteiger partial charge in [0, 0.05) is 43.9 Å². The van der Waals surface area contributed by atoms with Gasteiger partial charge in [-0.15, -0.1) is 0 Å². The van der Waals surface area contributed by atoms with Gasteiger partial charge in [0.2, 0.25) is 0 Å². The smallest absolute Gasteiger partial charge is 0.433 e. The molecule has 0 spiro atoms. The Bertz CT molecular complexity index is 999. The van der Waals surface area contributed by atoms with E-state index in [-0.39, 0.29) is 17.5 Å². The SMILES string of the molecule is C#CNCC1CCCCC1.CC.CC(N)=NC(=NCC1=CC(Cl)=CCC1)/C(N)=N/C(=O)O.COC[C@@H]1CC[C@@H](COC)N1N. The van der Waals surface area contributed by atoms with E-state index in [1.807, 2.05) is 31.0 Å². The maximum atomic E-state index is 10.5. The number of amidine groups is 3. The van der Waals surface area contributed by atoms with Gasteiger partial charge in [-0.25, -0.2) is 14.8 Å². The Morgan fingerprint density at radius 1 is 1.11 bits per heavy atom. The molecule has 2 fully saturated rings. The summed E-state index contributed by atoms with van der Waals surface area (Å²) in [6.07, 6.45) is 18.3. The Labute approximate surface area is 269 Å². The van der Waals surface area contributed by atoms with E-state index in [0.717, 1.165) is 56.9 Å². The lowest BCUT2D eigenvalue weighted by molar-refractivity contribution is 0.0631. The van der Waals surface area contributed by atoms with E-state index < -0.39 is 6.09 Å². The van der Waals surface area contributed by atoms with Crippen LogP contribution in [0.15, 0.2) is 37.7 Å². The lowest BCUT2D eigenvalue weighted by Gasteiger charge is -2.23. The van der Waals surface area contributed by atoms with Gasteiger partial charge in [-0.3, -0.25) is 10.8 Å². The number of hydrogen-bond acceptors (Lipinski definition) is 7. The van der Waals surface area contributed by atoms with Gasteiger partial charge in [0.25, 0.3) is 0 Å². The van der Waals surface area contributed by atoms with Crippen LogP contribution in [0.2, 0.25) is 0 Å². The second-order valence-electron chi connectivity index (χ2n) is 10.4. The van der Waals surface area contributed by atoms with Crippen molar-refractivity contribution in [2.45, 2.75) is 90.6 Å². The van der Waals surface area contributed by atoms with Crippen molar-refractivity contribution in [2.75, 3.05) is 40.5 Å². The fourth-order valence-corrected chi connectivity index (χ4v) is 5.08. The Morgan fingerprint density at radius 3 is 2.18 bits per heavy atom. The number of rotatable bonds is 8. The predicted octanol–water partition coefficient (Wildman–Crippen LogP) is 4.40. The van der Waals surface area contributed by atoms with E-state index in [2.05, 4.69) is 26.3 Å². The first-order chi connectivity index (χ1) is 21.1. The number of amides is 1. The van der Waals surface area contributed by atoms with Crippen LogP contribution in [0.4, 0.5) is 4.79 Å². The number of carbonyl (C=O) groups is 1. The lowest BCUT2D eigenvalue weighted by Crippen LogP contribution is -2.45. The van der Waals surface area contributed by atoms with Crippen LogP contribution in [-0.2, 0) is 9.47 Å². The summed E-state index contributed by atoms with van der Waals surface area (Å²) in [5, 5.41) is 14.1. The van der Waals surface area contributed by atoms with E-state index in [1.54, 1.807) is 21.1 Å². The fraction of sp³-hybridized carbons (Fsp3) is 0.677. The molecule has 0 aromatic rings. The standard InChI is InChI=1S/C12H16ClN5O2.C9H15N.C8H18N2O2.C2H6/c1-7(14)17-11(10(15)18-12(19)20)16-6-8-3-2-4-9(13)5-8;1-2-10-8-9-6-4-3-5-7-9;1-11-5-7-3-4-8(6-12-2)10(7)9;1-2/h4-5H,2-3,6H2,1H3,(H2,15,18)(H,19,20)(H2,14,16,17);1,9-10H,3-8H2;7-8H,3-6,9H2,1-2H3;1-2H3/t;;7-,8-;/m..0./s1. The van der Waals surface area contributed by atoms with Crippen molar-refractivity contribution < 1.29 is 19.4 Å². The molecule has 12 nitrogen and oxygen atoms in total. The molecule has 13 heteroatoms. The number of hydrazine groups is 1. The first-order valence-corrected chi connectivity index (χ1v) is 15.7. The van der Waals surface area contributed by atoms with Crippen LogP contribution >= 0.6 is 11.6 Å². The number of hydrogen-bond donors (Lipinski definition) is 5. The molecule has 250 valence electrons. The van der Waals surface area contributed by atoms with E-state index in [4.69, 9.17) is 49.9 Å². The molecule has 0 radical (unpaired) electrons. The zero-order chi connectivity index (χ0) is 33.3. The Morgan fingerprint density at radius 2 is 1.70 bits per heavy atom. The molecule has 44 heavy (non-hydrogen) atoms. The number of methoxy groups -OCH3 is 2. The van der Waals surface area contributed by atoms with E-state index in [0.29, 0.717) is 23.7 Å². The first kappa shape index (κ1) is 41.0. The highest BCUT2D eigenvalue weighted by Gasteiger charge is 2.30. The maximum Gasteiger partial charge on any atom is 0.433 e. The number of nitrogens with one attached hydrogen (secondary N) is 1. The normalized spacial score (nSPS) is 21.2. The minimum Gasteiger partial charge on any atom is -0.463 e. The van der Waals surface area contributed by atoms with Gasteiger partial charge in [0.15, 0.2) is 11.7 Å². The Kier molecular flexibility index (Phi) is 23.7. The van der Waals surface area contributed by atoms with Gasteiger partial charge < -0.3 is 31.4 Å². The molecule has 2 atom stereocenters. The summed E-state index contributed by atoms with van der Waals surface area (Å²) in [6.45, 7) is 8.32. The van der Waals surface area contributed by atoms with Gasteiger partial charge >= 0.3 is 6.09 Å². The van der Waals surface area contributed by atoms with Crippen molar-refractivity contribution in [3.63, 3.8) is 0 Å². The summed E-state index contributed by atoms with van der Waals surface area (Å²) in [7, 11) is 3.41. The van der Waals surface area contributed by atoms with Crippen molar-refractivity contribution >= 4 is 35.2 Å². The van der Waals surface area contributed by atoms with E-state index >= 15 is 0 Å². The number of nitrogens with two attached hydrogens (primary N) is 3. The van der Waals surface area contributed by atoms with Crippen molar-refractivity contribution in [3.05, 3.63) is 22.8 Å². The third kappa shape index (κ3) is 18.7. The quantitative estimate of drug-likeness (QED) is 0.0844. The number of terminal acetylenes is 1. The number of allylic oxidation sites excluding steroid dienone is 3. The van der Waals surface area contributed by atoms with Crippen LogP contribution in [0.3, 0.4) is 0 Å². The number of aliphatic imine (C=N–C) groups is 3. The summed E-state index contributed by atoms with van der Waals surface area (Å²) >= 11 is 5.90. The molecule has 2 aliphatic carbocycles. The van der Waals surface area contributed by atoms with Crippen molar-refractivity contribution in [1.82, 2.24) is 10.3 Å². The van der Waals surface area contributed by atoms with Crippen LogP contribution in [0.25, 0.3) is 0 Å². The minimum absolute atomic E-state index is 0.000949. The van der Waals surface area contributed by atoms with Crippen LogP contribution in [0, 0.1) is 18.4 Å². The fourth-order valence-electron chi connectivity index (χ4n) is 4.82. The summed E-state index contributed by atoms with van der Waals surface area (Å²) in [6, 6.07) is 3.21. The molecule has 1 saturated heterocycles.